The molecule has 0 saturated heterocycles. The lowest BCUT2D eigenvalue weighted by Gasteiger charge is -2.12. The second-order valence-electron chi connectivity index (χ2n) is 4.87. The van der Waals surface area contributed by atoms with Crippen molar-refractivity contribution in [1.29, 1.82) is 0 Å². The van der Waals surface area contributed by atoms with E-state index in [1.165, 1.54) is 56.5 Å². The Bertz CT molecular complexity index is 891. The van der Waals surface area contributed by atoms with Crippen LogP contribution >= 0.6 is 15.9 Å². The van der Waals surface area contributed by atoms with E-state index in [1.807, 2.05) is 0 Å². The van der Waals surface area contributed by atoms with Gasteiger partial charge in [-0.15, -0.1) is 0 Å². The van der Waals surface area contributed by atoms with E-state index in [4.69, 9.17) is 0 Å². The Kier molecular flexibility index (Phi) is 5.40. The Balaban J connectivity index is 2.40. The Labute approximate surface area is 148 Å². The number of ketones is 1. The first-order valence-corrected chi connectivity index (χ1v) is 9.04. The zero-order valence-corrected chi connectivity index (χ0v) is 15.3. The Hall–Kier alpha value is -2.19. The maximum Gasteiger partial charge on any atom is 0.339 e. The normalized spacial score (nSPS) is 11.0. The van der Waals surface area contributed by atoms with Crippen molar-refractivity contribution in [2.75, 3.05) is 11.8 Å². The van der Waals surface area contributed by atoms with Crippen molar-refractivity contribution in [1.82, 2.24) is 0 Å². The molecule has 0 unspecified atom stereocenters. The zero-order valence-electron chi connectivity index (χ0n) is 12.9. The number of hydrogen-bond acceptors (Lipinski definition) is 5. The Morgan fingerprint density at radius 3 is 2.25 bits per heavy atom. The van der Waals surface area contributed by atoms with E-state index in [0.717, 1.165) is 0 Å². The number of carbonyl (C=O) groups is 2. The molecule has 0 atom stereocenters. The first-order valence-electron chi connectivity index (χ1n) is 6.76. The van der Waals surface area contributed by atoms with Gasteiger partial charge in [0.1, 0.15) is 4.90 Å². The highest BCUT2D eigenvalue weighted by molar-refractivity contribution is 9.10. The number of esters is 1. The van der Waals surface area contributed by atoms with Gasteiger partial charge in [0.25, 0.3) is 10.0 Å². The van der Waals surface area contributed by atoms with Gasteiger partial charge in [0.05, 0.1) is 12.7 Å². The second kappa shape index (κ2) is 7.14. The molecule has 0 radical (unpaired) electrons. The van der Waals surface area contributed by atoms with Crippen LogP contribution in [0.4, 0.5) is 5.69 Å². The number of benzene rings is 2. The van der Waals surface area contributed by atoms with Crippen LogP contribution < -0.4 is 4.72 Å². The van der Waals surface area contributed by atoms with Crippen LogP contribution in [0.1, 0.15) is 27.6 Å². The highest BCUT2D eigenvalue weighted by Crippen LogP contribution is 2.24. The average Bonchev–Trinajstić information content (AvgIpc) is 2.53. The summed E-state index contributed by atoms with van der Waals surface area (Å²) in [5.41, 5.74) is 0.662. The zero-order chi connectivity index (χ0) is 17.9. The molecule has 0 amide bonds. The number of sulfonamides is 1. The molecule has 0 spiro atoms. The largest absolute Gasteiger partial charge is 0.465 e. The van der Waals surface area contributed by atoms with E-state index >= 15 is 0 Å². The molecule has 6 nitrogen and oxygen atoms in total. The molecule has 0 heterocycles. The first kappa shape index (κ1) is 18.2. The van der Waals surface area contributed by atoms with Gasteiger partial charge < -0.3 is 4.74 Å². The van der Waals surface area contributed by atoms with E-state index < -0.39 is 16.0 Å². The summed E-state index contributed by atoms with van der Waals surface area (Å²) in [6.07, 6.45) is 0. The van der Waals surface area contributed by atoms with Gasteiger partial charge in [0, 0.05) is 15.7 Å². The maximum atomic E-state index is 12.6. The van der Waals surface area contributed by atoms with Crippen molar-refractivity contribution >= 4 is 43.4 Å². The molecule has 126 valence electrons. The predicted molar refractivity (Wildman–Crippen MR) is 92.7 cm³/mol. The van der Waals surface area contributed by atoms with Crippen molar-refractivity contribution in [2.24, 2.45) is 0 Å². The van der Waals surface area contributed by atoms with Crippen LogP contribution in [-0.2, 0) is 14.8 Å². The van der Waals surface area contributed by atoms with Crippen molar-refractivity contribution in [3.8, 4) is 0 Å². The Morgan fingerprint density at radius 2 is 1.71 bits per heavy atom. The van der Waals surface area contributed by atoms with Crippen molar-refractivity contribution in [3.05, 3.63) is 58.1 Å². The molecule has 0 bridgehead atoms. The lowest BCUT2D eigenvalue weighted by Crippen LogP contribution is -2.17. The summed E-state index contributed by atoms with van der Waals surface area (Å²) in [5.74, 6) is -0.881. The summed E-state index contributed by atoms with van der Waals surface area (Å²) in [6.45, 7) is 1.42. The highest BCUT2D eigenvalue weighted by atomic mass is 79.9. The number of anilines is 1. The number of ether oxygens (including phenoxy) is 1. The van der Waals surface area contributed by atoms with Crippen molar-refractivity contribution in [3.63, 3.8) is 0 Å². The van der Waals surface area contributed by atoms with Gasteiger partial charge >= 0.3 is 5.97 Å². The van der Waals surface area contributed by atoms with Gasteiger partial charge in [-0.1, -0.05) is 15.9 Å². The maximum absolute atomic E-state index is 12.6. The molecule has 2 rings (SSSR count). The van der Waals surface area contributed by atoms with Gasteiger partial charge in [-0.05, 0) is 49.4 Å². The van der Waals surface area contributed by atoms with Crippen LogP contribution in [0.25, 0.3) is 0 Å². The molecular formula is C16H14BrNO5S. The number of nitrogens with one attached hydrogen (secondary N) is 1. The van der Waals surface area contributed by atoms with Crippen LogP contribution in [0.2, 0.25) is 0 Å². The second-order valence-corrected chi connectivity index (χ2v) is 7.44. The quantitative estimate of drug-likeness (QED) is 0.602. The monoisotopic (exact) mass is 411 g/mol. The molecule has 2 aromatic carbocycles. The summed E-state index contributed by atoms with van der Waals surface area (Å²) in [4.78, 5) is 22.9. The molecular weight excluding hydrogens is 398 g/mol. The minimum Gasteiger partial charge on any atom is -0.465 e. The molecule has 0 saturated carbocycles. The standard InChI is InChI=1S/C16H14BrNO5S/c1-10(19)11-3-6-13(7-4-11)18-24(21,22)15-8-5-12(17)9-14(15)16(20)23-2/h3-9,18H,1-2H3. The average molecular weight is 412 g/mol. The molecule has 0 aliphatic rings. The molecule has 0 fully saturated rings. The lowest BCUT2D eigenvalue weighted by molar-refractivity contribution is 0.0596. The highest BCUT2D eigenvalue weighted by Gasteiger charge is 2.23. The fraction of sp³-hybridized carbons (Fsp3) is 0.125. The SMILES string of the molecule is COC(=O)c1cc(Br)ccc1S(=O)(=O)Nc1ccc(C(C)=O)cc1. The van der Waals surface area contributed by atoms with Gasteiger partial charge in [0.2, 0.25) is 0 Å². The van der Waals surface area contributed by atoms with Gasteiger partial charge in [-0.2, -0.15) is 0 Å². The number of carbonyl (C=O) groups excluding carboxylic acids is 2. The van der Waals surface area contributed by atoms with E-state index in [1.54, 1.807) is 0 Å². The minimum absolute atomic E-state index is 0.0836. The first-order chi connectivity index (χ1) is 11.2. The van der Waals surface area contributed by atoms with Crippen LogP contribution in [0, 0.1) is 0 Å². The van der Waals surface area contributed by atoms with E-state index in [-0.39, 0.29) is 21.9 Å². The number of halogens is 1. The summed E-state index contributed by atoms with van der Waals surface area (Å²) in [5, 5.41) is 0. The lowest BCUT2D eigenvalue weighted by atomic mass is 10.1. The molecule has 1 N–H and O–H groups in total. The fourth-order valence-electron chi connectivity index (χ4n) is 1.99. The Morgan fingerprint density at radius 1 is 1.08 bits per heavy atom. The molecule has 24 heavy (non-hydrogen) atoms. The van der Waals surface area contributed by atoms with E-state index in [9.17, 15) is 18.0 Å². The van der Waals surface area contributed by atoms with E-state index in [2.05, 4.69) is 25.4 Å². The van der Waals surface area contributed by atoms with Gasteiger partial charge in [0.15, 0.2) is 5.78 Å². The third kappa shape index (κ3) is 4.01. The summed E-state index contributed by atoms with van der Waals surface area (Å²) in [6, 6.07) is 10.2. The molecule has 2 aromatic rings. The predicted octanol–water partition coefficient (Wildman–Crippen LogP) is 3.24. The van der Waals surface area contributed by atoms with E-state index in [0.29, 0.717) is 10.0 Å². The fourth-order valence-corrected chi connectivity index (χ4v) is 3.59. The van der Waals surface area contributed by atoms with Gasteiger partial charge in [-0.3, -0.25) is 9.52 Å². The van der Waals surface area contributed by atoms with Crippen LogP contribution in [-0.4, -0.2) is 27.3 Å². The third-order valence-electron chi connectivity index (χ3n) is 3.18. The number of methoxy groups -OCH3 is 1. The van der Waals surface area contributed by atoms with Crippen LogP contribution in [0.3, 0.4) is 0 Å². The topological polar surface area (TPSA) is 89.5 Å². The molecule has 0 aliphatic carbocycles. The van der Waals surface area contributed by atoms with Gasteiger partial charge in [-0.25, -0.2) is 13.2 Å². The number of hydrogen-bond donors (Lipinski definition) is 1. The minimum atomic E-state index is -4.01. The van der Waals surface area contributed by atoms with Crippen LogP contribution in [0.5, 0.6) is 0 Å². The smallest absolute Gasteiger partial charge is 0.339 e. The molecule has 8 heteroatoms. The summed E-state index contributed by atoms with van der Waals surface area (Å²) < 4.78 is 32.7. The number of Topliss-reactive ketones (excluding diaryl/α,β-unsaturated/α-hetero) is 1. The third-order valence-corrected chi connectivity index (χ3v) is 5.11. The summed E-state index contributed by atoms with van der Waals surface area (Å²) in [7, 11) is -2.83. The van der Waals surface area contributed by atoms with Crippen molar-refractivity contribution in [2.45, 2.75) is 11.8 Å². The molecule has 0 aromatic heterocycles. The summed E-state index contributed by atoms with van der Waals surface area (Å²) >= 11 is 3.19. The van der Waals surface area contributed by atoms with Crippen LogP contribution in [0.15, 0.2) is 51.8 Å². The number of rotatable bonds is 5. The van der Waals surface area contributed by atoms with Crippen molar-refractivity contribution < 1.29 is 22.7 Å². The molecule has 0 aliphatic heterocycles.